The van der Waals surface area contributed by atoms with E-state index in [2.05, 4.69) is 0 Å². The molecular formula is C12H14F2O3. The lowest BCUT2D eigenvalue weighted by molar-refractivity contribution is -0.175. The van der Waals surface area contributed by atoms with Gasteiger partial charge in [0.05, 0.1) is 7.11 Å². The van der Waals surface area contributed by atoms with Gasteiger partial charge in [-0.3, -0.25) is 4.79 Å². The summed E-state index contributed by atoms with van der Waals surface area (Å²) >= 11 is 0. The van der Waals surface area contributed by atoms with Crippen molar-refractivity contribution >= 4 is 5.97 Å². The summed E-state index contributed by atoms with van der Waals surface area (Å²) in [6.45, 7) is 1.99. The molecular weight excluding hydrogens is 230 g/mol. The number of methoxy groups -OCH3 is 1. The van der Waals surface area contributed by atoms with Crippen molar-refractivity contribution in [3.05, 3.63) is 29.8 Å². The quantitative estimate of drug-likeness (QED) is 0.885. The van der Waals surface area contributed by atoms with Crippen molar-refractivity contribution in [3.8, 4) is 5.75 Å². The van der Waals surface area contributed by atoms with E-state index in [9.17, 15) is 13.6 Å². The van der Waals surface area contributed by atoms with E-state index in [0.29, 0.717) is 0 Å². The number of carbonyl (C=O) groups is 1. The Morgan fingerprint density at radius 1 is 1.35 bits per heavy atom. The number of carboxylic acids is 1. The van der Waals surface area contributed by atoms with Gasteiger partial charge in [-0.2, -0.15) is 0 Å². The van der Waals surface area contributed by atoms with E-state index in [4.69, 9.17) is 9.84 Å². The van der Waals surface area contributed by atoms with Crippen LogP contribution in [0.15, 0.2) is 24.3 Å². The summed E-state index contributed by atoms with van der Waals surface area (Å²) in [6, 6.07) is 5.26. The van der Waals surface area contributed by atoms with Gasteiger partial charge >= 0.3 is 5.97 Å². The standard InChI is InChI=1S/C12H14F2O3/c1-11(2,10(15)16)12(13,14)8-5-4-6-9(7-8)17-3/h4-7H,1-3H3,(H,15,16). The molecule has 0 aromatic heterocycles. The lowest BCUT2D eigenvalue weighted by Gasteiger charge is -2.30. The van der Waals surface area contributed by atoms with Gasteiger partial charge in [-0.05, 0) is 26.0 Å². The summed E-state index contributed by atoms with van der Waals surface area (Å²) < 4.78 is 33.0. The molecule has 0 atom stereocenters. The second kappa shape index (κ2) is 4.31. The van der Waals surface area contributed by atoms with Gasteiger partial charge in [-0.25, -0.2) is 8.78 Å². The van der Waals surface area contributed by atoms with Crippen LogP contribution < -0.4 is 4.74 Å². The van der Waals surface area contributed by atoms with Crippen LogP contribution in [-0.4, -0.2) is 18.2 Å². The van der Waals surface area contributed by atoms with Crippen LogP contribution >= 0.6 is 0 Å². The molecule has 0 aliphatic rings. The maximum absolute atomic E-state index is 14.1. The van der Waals surface area contributed by atoms with Gasteiger partial charge in [-0.15, -0.1) is 0 Å². The van der Waals surface area contributed by atoms with E-state index in [1.165, 1.54) is 25.3 Å². The van der Waals surface area contributed by atoms with E-state index >= 15 is 0 Å². The van der Waals surface area contributed by atoms with Crippen molar-refractivity contribution in [2.75, 3.05) is 7.11 Å². The fraction of sp³-hybridized carbons (Fsp3) is 0.417. The zero-order valence-corrected chi connectivity index (χ0v) is 9.83. The molecule has 1 aromatic rings. The average Bonchev–Trinajstić information content (AvgIpc) is 2.28. The summed E-state index contributed by atoms with van der Waals surface area (Å²) in [5.74, 6) is -4.76. The Morgan fingerprint density at radius 2 is 1.94 bits per heavy atom. The second-order valence-corrected chi connectivity index (χ2v) is 4.24. The number of hydrogen-bond acceptors (Lipinski definition) is 2. The zero-order chi connectivity index (χ0) is 13.3. The summed E-state index contributed by atoms with van der Waals surface area (Å²) in [5.41, 5.74) is -2.55. The summed E-state index contributed by atoms with van der Waals surface area (Å²) in [6.07, 6.45) is 0. The normalized spacial score (nSPS) is 12.3. The van der Waals surface area contributed by atoms with E-state index < -0.39 is 17.3 Å². The number of halogens is 2. The highest BCUT2D eigenvalue weighted by Crippen LogP contribution is 2.45. The largest absolute Gasteiger partial charge is 0.497 e. The Balaban J connectivity index is 3.25. The molecule has 3 nitrogen and oxygen atoms in total. The minimum Gasteiger partial charge on any atom is -0.497 e. The fourth-order valence-electron chi connectivity index (χ4n) is 1.31. The lowest BCUT2D eigenvalue weighted by atomic mass is 9.81. The second-order valence-electron chi connectivity index (χ2n) is 4.24. The van der Waals surface area contributed by atoms with Crippen LogP contribution in [0, 0.1) is 5.41 Å². The molecule has 0 aliphatic carbocycles. The third-order valence-electron chi connectivity index (χ3n) is 2.75. The molecule has 0 heterocycles. The highest BCUT2D eigenvalue weighted by molar-refractivity contribution is 5.75. The number of aliphatic carboxylic acids is 1. The molecule has 1 aromatic carbocycles. The number of carboxylic acid groups (broad SMARTS) is 1. The molecule has 5 heteroatoms. The predicted octanol–water partition coefficient (Wildman–Crippen LogP) is 2.90. The molecule has 0 fully saturated rings. The van der Waals surface area contributed by atoms with Crippen LogP contribution in [0.2, 0.25) is 0 Å². The first-order valence-corrected chi connectivity index (χ1v) is 4.99. The smallest absolute Gasteiger partial charge is 0.315 e. The molecule has 0 aliphatic heterocycles. The van der Waals surface area contributed by atoms with Gasteiger partial charge < -0.3 is 9.84 Å². The summed E-state index contributed by atoms with van der Waals surface area (Å²) in [5, 5.41) is 8.85. The molecule has 94 valence electrons. The Bertz CT molecular complexity index is 428. The highest BCUT2D eigenvalue weighted by atomic mass is 19.3. The van der Waals surface area contributed by atoms with Crippen molar-refractivity contribution in [1.82, 2.24) is 0 Å². The third-order valence-corrected chi connectivity index (χ3v) is 2.75. The Kier molecular flexibility index (Phi) is 3.40. The zero-order valence-electron chi connectivity index (χ0n) is 9.83. The fourth-order valence-corrected chi connectivity index (χ4v) is 1.31. The molecule has 0 spiro atoms. The van der Waals surface area contributed by atoms with Gasteiger partial charge in [0.25, 0.3) is 5.92 Å². The first-order chi connectivity index (χ1) is 7.73. The van der Waals surface area contributed by atoms with Gasteiger partial charge in [0.15, 0.2) is 0 Å². The third kappa shape index (κ3) is 2.23. The van der Waals surface area contributed by atoms with Crippen LogP contribution in [0.25, 0.3) is 0 Å². The monoisotopic (exact) mass is 244 g/mol. The summed E-state index contributed by atoms with van der Waals surface area (Å²) in [7, 11) is 1.36. The number of alkyl halides is 2. The first kappa shape index (κ1) is 13.4. The summed E-state index contributed by atoms with van der Waals surface area (Å²) in [4.78, 5) is 10.9. The van der Waals surface area contributed by atoms with E-state index in [-0.39, 0.29) is 11.3 Å². The molecule has 0 unspecified atom stereocenters. The van der Waals surface area contributed by atoms with E-state index in [1.807, 2.05) is 0 Å². The lowest BCUT2D eigenvalue weighted by Crippen LogP contribution is -2.40. The Hall–Kier alpha value is -1.65. The molecule has 0 radical (unpaired) electrons. The maximum atomic E-state index is 14.1. The van der Waals surface area contributed by atoms with E-state index in [0.717, 1.165) is 19.9 Å². The van der Waals surface area contributed by atoms with Crippen LogP contribution in [0.4, 0.5) is 8.78 Å². The number of benzene rings is 1. The topological polar surface area (TPSA) is 46.5 Å². The SMILES string of the molecule is COc1cccc(C(F)(F)C(C)(C)C(=O)O)c1. The Labute approximate surface area is 98.0 Å². The van der Waals surface area contributed by atoms with Crippen molar-refractivity contribution in [3.63, 3.8) is 0 Å². The minimum absolute atomic E-state index is 0.267. The highest BCUT2D eigenvalue weighted by Gasteiger charge is 2.53. The van der Waals surface area contributed by atoms with Crippen LogP contribution in [0.5, 0.6) is 5.75 Å². The number of hydrogen-bond donors (Lipinski definition) is 1. The average molecular weight is 244 g/mol. The minimum atomic E-state index is -3.48. The predicted molar refractivity (Wildman–Crippen MR) is 58.3 cm³/mol. The number of ether oxygens (including phenoxy) is 1. The van der Waals surface area contributed by atoms with Gasteiger partial charge in [0.1, 0.15) is 11.2 Å². The van der Waals surface area contributed by atoms with Crippen LogP contribution in [0.3, 0.4) is 0 Å². The Morgan fingerprint density at radius 3 is 2.41 bits per heavy atom. The van der Waals surface area contributed by atoms with Crippen LogP contribution in [0.1, 0.15) is 19.4 Å². The van der Waals surface area contributed by atoms with Gasteiger partial charge in [0, 0.05) is 5.56 Å². The molecule has 0 saturated carbocycles. The molecule has 0 bridgehead atoms. The molecule has 1 N–H and O–H groups in total. The molecule has 0 amide bonds. The molecule has 0 saturated heterocycles. The van der Waals surface area contributed by atoms with E-state index in [1.54, 1.807) is 0 Å². The molecule has 17 heavy (non-hydrogen) atoms. The first-order valence-electron chi connectivity index (χ1n) is 4.99. The van der Waals surface area contributed by atoms with Gasteiger partial charge in [-0.1, -0.05) is 12.1 Å². The van der Waals surface area contributed by atoms with Crippen molar-refractivity contribution < 1.29 is 23.4 Å². The van der Waals surface area contributed by atoms with Gasteiger partial charge in [0.2, 0.25) is 0 Å². The maximum Gasteiger partial charge on any atom is 0.315 e. The number of rotatable bonds is 4. The van der Waals surface area contributed by atoms with Crippen molar-refractivity contribution in [2.45, 2.75) is 19.8 Å². The van der Waals surface area contributed by atoms with Crippen molar-refractivity contribution in [2.24, 2.45) is 5.41 Å². The van der Waals surface area contributed by atoms with Crippen LogP contribution in [-0.2, 0) is 10.7 Å². The van der Waals surface area contributed by atoms with Crippen molar-refractivity contribution in [1.29, 1.82) is 0 Å². The molecule has 1 rings (SSSR count).